The number of aliphatic imine (C=N–C) groups is 1. The third-order valence-corrected chi connectivity index (χ3v) is 5.95. The quantitative estimate of drug-likeness (QED) is 0.537. The number of carbonyl (C=O) groups is 1. The van der Waals surface area contributed by atoms with Crippen LogP contribution in [0.3, 0.4) is 0 Å². The number of ether oxygens (including phenoxy) is 1. The molecule has 7 nitrogen and oxygen atoms in total. The molecule has 1 fully saturated rings. The number of aliphatic hydroxyl groups is 1. The molecule has 3 heterocycles. The number of amides is 1. The number of nitrogens with zero attached hydrogens (tertiary/aromatic N) is 3. The maximum absolute atomic E-state index is 12.8. The molecule has 1 aromatic heterocycles. The zero-order chi connectivity index (χ0) is 22.5. The Morgan fingerprint density at radius 2 is 2.16 bits per heavy atom. The molecule has 1 unspecified atom stereocenters. The maximum atomic E-state index is 12.8. The van der Waals surface area contributed by atoms with E-state index in [0.29, 0.717) is 23.5 Å². The lowest BCUT2D eigenvalue weighted by atomic mass is 9.68. The summed E-state index contributed by atoms with van der Waals surface area (Å²) >= 11 is 0. The van der Waals surface area contributed by atoms with Crippen molar-refractivity contribution in [2.24, 2.45) is 4.99 Å². The molecular formula is C24H30BN4O3. The molecule has 1 amide bonds. The molecule has 8 heteroatoms. The molecule has 0 aliphatic carbocycles. The van der Waals surface area contributed by atoms with Gasteiger partial charge in [0.2, 0.25) is 0 Å². The topological polar surface area (TPSA) is 88.7 Å². The minimum absolute atomic E-state index is 0.00530. The first kappa shape index (κ1) is 22.5. The van der Waals surface area contributed by atoms with Crippen molar-refractivity contribution in [3.63, 3.8) is 0 Å². The van der Waals surface area contributed by atoms with E-state index in [1.807, 2.05) is 28.8 Å². The Balaban J connectivity index is 1.59. The second-order valence-electron chi connectivity index (χ2n) is 8.47. The van der Waals surface area contributed by atoms with E-state index >= 15 is 0 Å². The van der Waals surface area contributed by atoms with Gasteiger partial charge in [-0.3, -0.25) is 4.79 Å². The highest BCUT2D eigenvalue weighted by Crippen LogP contribution is 2.35. The summed E-state index contributed by atoms with van der Waals surface area (Å²) in [5.41, 5.74) is 2.07. The zero-order valence-electron chi connectivity index (χ0n) is 18.6. The number of carbonyl (C=O) groups excluding carboxylic acids is 1. The van der Waals surface area contributed by atoms with Crippen LogP contribution >= 0.6 is 0 Å². The molecule has 2 aliphatic rings. The van der Waals surface area contributed by atoms with Crippen LogP contribution in [0.25, 0.3) is 0 Å². The second kappa shape index (κ2) is 10.3. The lowest BCUT2D eigenvalue weighted by molar-refractivity contribution is -0.0338. The van der Waals surface area contributed by atoms with Crippen molar-refractivity contribution in [3.05, 3.63) is 65.9 Å². The Morgan fingerprint density at radius 1 is 1.34 bits per heavy atom. The van der Waals surface area contributed by atoms with Crippen molar-refractivity contribution < 1.29 is 14.6 Å². The molecule has 0 spiro atoms. The number of aliphatic hydroxyl groups excluding tert-OH is 1. The van der Waals surface area contributed by atoms with Crippen molar-refractivity contribution >= 4 is 19.0 Å². The van der Waals surface area contributed by atoms with Crippen LogP contribution in [0.5, 0.6) is 0 Å². The van der Waals surface area contributed by atoms with Crippen molar-refractivity contribution in [2.45, 2.75) is 70.1 Å². The van der Waals surface area contributed by atoms with E-state index < -0.39 is 12.3 Å². The highest BCUT2D eigenvalue weighted by atomic mass is 16.5. The summed E-state index contributed by atoms with van der Waals surface area (Å²) in [6, 6.07) is 9.03. The number of hydrogen-bond acceptors (Lipinski definition) is 5. The fourth-order valence-corrected chi connectivity index (χ4v) is 4.31. The van der Waals surface area contributed by atoms with E-state index in [0.717, 1.165) is 31.2 Å². The van der Waals surface area contributed by atoms with Gasteiger partial charge in [0.1, 0.15) is 19.1 Å². The summed E-state index contributed by atoms with van der Waals surface area (Å²) in [5, 5.41) is 13.7. The van der Waals surface area contributed by atoms with Gasteiger partial charge in [-0.05, 0) is 18.6 Å². The largest absolute Gasteiger partial charge is 0.388 e. The first-order chi connectivity index (χ1) is 15.6. The number of rotatable bonds is 6. The van der Waals surface area contributed by atoms with E-state index in [2.05, 4.69) is 36.4 Å². The molecule has 2 aliphatic heterocycles. The summed E-state index contributed by atoms with van der Waals surface area (Å²) in [6.07, 6.45) is 8.63. The molecule has 0 saturated carbocycles. The van der Waals surface area contributed by atoms with Gasteiger partial charge in [-0.1, -0.05) is 57.2 Å². The van der Waals surface area contributed by atoms with E-state index in [4.69, 9.17) is 4.74 Å². The van der Waals surface area contributed by atoms with Crippen LogP contribution in [0.1, 0.15) is 67.0 Å². The molecule has 32 heavy (non-hydrogen) atoms. The Bertz CT molecular complexity index is 988. The molecule has 2 N–H and O–H groups in total. The number of imidazole rings is 1. The molecule has 167 valence electrons. The van der Waals surface area contributed by atoms with Crippen LogP contribution in [0.2, 0.25) is 12.6 Å². The number of benzene rings is 1. The molecule has 4 atom stereocenters. The smallest absolute Gasteiger partial charge is 0.256 e. The SMILES string of the molecule is CCC[B]C[C@@H]1C[C@@H](O)[C@H](n2cnc3c2C(C)C/C=C/N=C3NC(=O)c2ccccc2)O1. The van der Waals surface area contributed by atoms with E-state index in [1.165, 1.54) is 0 Å². The Kier molecular flexibility index (Phi) is 7.22. The zero-order valence-corrected chi connectivity index (χ0v) is 18.6. The van der Waals surface area contributed by atoms with Gasteiger partial charge < -0.3 is 19.7 Å². The molecule has 2 aromatic rings. The lowest BCUT2D eigenvalue weighted by Gasteiger charge is -2.23. The monoisotopic (exact) mass is 433 g/mol. The molecule has 1 aromatic carbocycles. The molecule has 0 bridgehead atoms. The average molecular weight is 433 g/mol. The first-order valence-corrected chi connectivity index (χ1v) is 11.4. The summed E-state index contributed by atoms with van der Waals surface area (Å²) in [7, 11) is 2.23. The maximum Gasteiger partial charge on any atom is 0.256 e. The van der Waals surface area contributed by atoms with Gasteiger partial charge >= 0.3 is 0 Å². The Morgan fingerprint density at radius 3 is 2.94 bits per heavy atom. The molecule has 1 saturated heterocycles. The fourth-order valence-electron chi connectivity index (χ4n) is 4.31. The van der Waals surface area contributed by atoms with E-state index in [-0.39, 0.29) is 17.9 Å². The number of nitrogens with one attached hydrogen (secondary N) is 1. The normalized spacial score (nSPS) is 25.9. The van der Waals surface area contributed by atoms with Gasteiger partial charge in [-0.25, -0.2) is 9.98 Å². The number of aromatic nitrogens is 2. The van der Waals surface area contributed by atoms with Crippen LogP contribution in [0, 0.1) is 0 Å². The van der Waals surface area contributed by atoms with Gasteiger partial charge in [0.05, 0.1) is 18.1 Å². The van der Waals surface area contributed by atoms with Crippen molar-refractivity contribution in [1.29, 1.82) is 0 Å². The number of amidine groups is 1. The summed E-state index contributed by atoms with van der Waals surface area (Å²) in [6.45, 7) is 4.26. The molecule has 4 rings (SSSR count). The number of allylic oxidation sites excluding steroid dienone is 1. The summed E-state index contributed by atoms with van der Waals surface area (Å²) < 4.78 is 8.16. The van der Waals surface area contributed by atoms with Gasteiger partial charge in [0, 0.05) is 24.1 Å². The number of hydrogen-bond donors (Lipinski definition) is 2. The summed E-state index contributed by atoms with van der Waals surface area (Å²) in [5.74, 6) is 0.273. The van der Waals surface area contributed by atoms with Gasteiger partial charge in [-0.2, -0.15) is 0 Å². The highest BCUT2D eigenvalue weighted by molar-refractivity contribution is 6.35. The Hall–Kier alpha value is -2.71. The minimum Gasteiger partial charge on any atom is -0.388 e. The van der Waals surface area contributed by atoms with Crippen molar-refractivity contribution in [3.8, 4) is 0 Å². The minimum atomic E-state index is -0.610. The van der Waals surface area contributed by atoms with Gasteiger partial charge in [0.15, 0.2) is 12.1 Å². The molecule has 1 radical (unpaired) electrons. The van der Waals surface area contributed by atoms with Gasteiger partial charge in [0.25, 0.3) is 5.91 Å². The fraction of sp³-hybridized carbons (Fsp3) is 0.458. The summed E-state index contributed by atoms with van der Waals surface area (Å²) in [4.78, 5) is 21.8. The van der Waals surface area contributed by atoms with Crippen LogP contribution < -0.4 is 5.32 Å². The molecular weight excluding hydrogens is 403 g/mol. The average Bonchev–Trinajstić information content (AvgIpc) is 3.38. The van der Waals surface area contributed by atoms with Gasteiger partial charge in [-0.15, -0.1) is 0 Å². The van der Waals surface area contributed by atoms with E-state index in [1.54, 1.807) is 24.7 Å². The van der Waals surface area contributed by atoms with Crippen molar-refractivity contribution in [2.75, 3.05) is 0 Å². The standard InChI is InChI=1S/C24H30BN4O3/c1-3-11-25-14-18-13-19(30)24(32-18)29-15-27-20-21(29)16(2)8-7-12-26-22(20)28-23(31)17-9-5-4-6-10-17/h4-7,9-10,12,15-16,18-19,24,30H,3,8,11,13-14H2,1-2H3,(H,26,28,31)/b12-7+/t16?,18-,19+,24+/m0/s1. The lowest BCUT2D eigenvalue weighted by Crippen LogP contribution is -2.33. The second-order valence-corrected chi connectivity index (χ2v) is 8.47. The van der Waals surface area contributed by atoms with Crippen LogP contribution in [-0.2, 0) is 4.74 Å². The number of fused-ring (bicyclic) bond motifs is 1. The predicted octanol–water partition coefficient (Wildman–Crippen LogP) is 3.68. The highest BCUT2D eigenvalue weighted by Gasteiger charge is 2.37. The van der Waals surface area contributed by atoms with Crippen molar-refractivity contribution in [1.82, 2.24) is 14.9 Å². The van der Waals surface area contributed by atoms with Crippen LogP contribution in [0.4, 0.5) is 0 Å². The Labute approximate surface area is 189 Å². The third kappa shape index (κ3) is 4.86. The first-order valence-electron chi connectivity index (χ1n) is 11.4. The van der Waals surface area contributed by atoms with E-state index in [9.17, 15) is 9.90 Å². The third-order valence-electron chi connectivity index (χ3n) is 5.95. The van der Waals surface area contributed by atoms with Crippen LogP contribution in [-0.4, -0.2) is 45.9 Å². The predicted molar refractivity (Wildman–Crippen MR) is 125 cm³/mol. The van der Waals surface area contributed by atoms with Crippen LogP contribution in [0.15, 0.2) is 53.9 Å².